The minimum atomic E-state index is -0.550. The van der Waals surface area contributed by atoms with Crippen LogP contribution in [0.3, 0.4) is 0 Å². The van der Waals surface area contributed by atoms with E-state index in [9.17, 15) is 9.90 Å². The predicted molar refractivity (Wildman–Crippen MR) is 133 cm³/mol. The SMILES string of the molecule is O=C(NN=Cc1cc(Cl)c(OCc2ccccc2Cl)c(Cl)c1)c1cc2ccccc2cc1O. The van der Waals surface area contributed by atoms with Crippen molar-refractivity contribution in [3.8, 4) is 11.5 Å². The van der Waals surface area contributed by atoms with E-state index in [-0.39, 0.29) is 28.0 Å². The average molecular weight is 500 g/mol. The zero-order valence-electron chi connectivity index (χ0n) is 17.1. The van der Waals surface area contributed by atoms with E-state index < -0.39 is 5.91 Å². The Balaban J connectivity index is 1.45. The first-order valence-corrected chi connectivity index (χ1v) is 11.0. The molecule has 0 unspecified atom stereocenters. The van der Waals surface area contributed by atoms with Crippen molar-refractivity contribution in [2.45, 2.75) is 6.61 Å². The molecule has 0 saturated carbocycles. The maximum atomic E-state index is 12.5. The predicted octanol–water partition coefficient (Wildman–Crippen LogP) is 6.85. The number of rotatable bonds is 6. The number of fused-ring (bicyclic) bond motifs is 1. The Kier molecular flexibility index (Phi) is 7.04. The molecule has 2 N–H and O–H groups in total. The first kappa shape index (κ1) is 22.9. The van der Waals surface area contributed by atoms with Crippen LogP contribution < -0.4 is 10.2 Å². The van der Waals surface area contributed by atoms with Gasteiger partial charge < -0.3 is 9.84 Å². The number of halogens is 3. The van der Waals surface area contributed by atoms with Gasteiger partial charge in [-0.2, -0.15) is 5.10 Å². The van der Waals surface area contributed by atoms with Crippen molar-refractivity contribution in [1.82, 2.24) is 5.43 Å². The molecule has 5 nitrogen and oxygen atoms in total. The summed E-state index contributed by atoms with van der Waals surface area (Å²) in [5.41, 5.74) is 3.87. The van der Waals surface area contributed by atoms with Crippen LogP contribution in [0.15, 0.2) is 77.9 Å². The molecule has 0 spiro atoms. The molecule has 0 aromatic heterocycles. The topological polar surface area (TPSA) is 70.9 Å². The quantitative estimate of drug-likeness (QED) is 0.225. The molecule has 0 bridgehead atoms. The zero-order valence-corrected chi connectivity index (χ0v) is 19.3. The highest BCUT2D eigenvalue weighted by molar-refractivity contribution is 6.37. The van der Waals surface area contributed by atoms with Crippen molar-refractivity contribution in [2.75, 3.05) is 0 Å². The van der Waals surface area contributed by atoms with Gasteiger partial charge in [0.25, 0.3) is 5.91 Å². The molecule has 4 aromatic carbocycles. The summed E-state index contributed by atoms with van der Waals surface area (Å²) in [6.45, 7) is 0.206. The molecule has 166 valence electrons. The van der Waals surface area contributed by atoms with Crippen LogP contribution in [-0.4, -0.2) is 17.2 Å². The summed E-state index contributed by atoms with van der Waals surface area (Å²) >= 11 is 18.8. The molecule has 0 aliphatic rings. The number of benzene rings is 4. The number of hydrogen-bond acceptors (Lipinski definition) is 4. The highest BCUT2D eigenvalue weighted by Crippen LogP contribution is 2.35. The Morgan fingerprint density at radius 2 is 1.55 bits per heavy atom. The van der Waals surface area contributed by atoms with Gasteiger partial charge >= 0.3 is 0 Å². The fraction of sp³-hybridized carbons (Fsp3) is 0.0400. The number of hydrogen-bond donors (Lipinski definition) is 2. The summed E-state index contributed by atoms with van der Waals surface area (Å²) in [5.74, 6) is -0.362. The van der Waals surface area contributed by atoms with Gasteiger partial charge in [0.15, 0.2) is 5.75 Å². The first-order valence-electron chi connectivity index (χ1n) is 9.83. The number of ether oxygens (including phenoxy) is 1. The van der Waals surface area contributed by atoms with Gasteiger partial charge in [0, 0.05) is 10.6 Å². The van der Waals surface area contributed by atoms with Crippen LogP contribution in [0.25, 0.3) is 10.8 Å². The second-order valence-electron chi connectivity index (χ2n) is 7.11. The lowest BCUT2D eigenvalue weighted by Crippen LogP contribution is -2.17. The molecule has 1 amide bonds. The van der Waals surface area contributed by atoms with Gasteiger partial charge in [-0.05, 0) is 46.7 Å². The highest BCUT2D eigenvalue weighted by Gasteiger charge is 2.13. The van der Waals surface area contributed by atoms with Crippen LogP contribution in [0.1, 0.15) is 21.5 Å². The average Bonchev–Trinajstić information content (AvgIpc) is 2.79. The standard InChI is InChI=1S/C25H17Cl3N2O3/c26-20-8-4-3-7-18(20)14-33-24-21(27)9-15(10-22(24)28)13-29-30-25(32)19-11-16-5-1-2-6-17(16)12-23(19)31/h1-13,31H,14H2,(H,30,32). The van der Waals surface area contributed by atoms with Crippen LogP contribution in [0.2, 0.25) is 15.1 Å². The Morgan fingerprint density at radius 3 is 2.24 bits per heavy atom. The Morgan fingerprint density at radius 1 is 0.909 bits per heavy atom. The highest BCUT2D eigenvalue weighted by atomic mass is 35.5. The third-order valence-electron chi connectivity index (χ3n) is 4.84. The molecule has 4 rings (SSSR count). The lowest BCUT2D eigenvalue weighted by atomic mass is 10.1. The monoisotopic (exact) mass is 498 g/mol. The van der Waals surface area contributed by atoms with Crippen molar-refractivity contribution < 1.29 is 14.6 Å². The lowest BCUT2D eigenvalue weighted by molar-refractivity contribution is 0.0952. The van der Waals surface area contributed by atoms with Gasteiger partial charge in [-0.25, -0.2) is 5.43 Å². The molecule has 0 aliphatic carbocycles. The Labute approximate surface area is 205 Å². The van der Waals surface area contributed by atoms with Gasteiger partial charge in [0.2, 0.25) is 0 Å². The summed E-state index contributed by atoms with van der Waals surface area (Å²) in [5, 5.41) is 16.9. The molecule has 0 atom stereocenters. The lowest BCUT2D eigenvalue weighted by Gasteiger charge is -2.11. The molecule has 4 aromatic rings. The molecule has 0 saturated heterocycles. The van der Waals surface area contributed by atoms with Crippen LogP contribution in [0, 0.1) is 0 Å². The maximum absolute atomic E-state index is 12.5. The van der Waals surface area contributed by atoms with Crippen molar-refractivity contribution in [3.05, 3.63) is 105 Å². The van der Waals surface area contributed by atoms with Crippen molar-refractivity contribution in [2.24, 2.45) is 5.10 Å². The number of phenolic OH excluding ortho intramolecular Hbond substituents is 1. The summed E-state index contributed by atoms with van der Waals surface area (Å²) < 4.78 is 5.75. The minimum Gasteiger partial charge on any atom is -0.507 e. The zero-order chi connectivity index (χ0) is 23.4. The second kappa shape index (κ2) is 10.1. The number of nitrogens with one attached hydrogen (secondary N) is 1. The number of aromatic hydroxyl groups is 1. The third-order valence-corrected chi connectivity index (χ3v) is 5.77. The molecule has 8 heteroatoms. The van der Waals surface area contributed by atoms with Gasteiger partial charge in [0.05, 0.1) is 21.8 Å². The van der Waals surface area contributed by atoms with E-state index in [2.05, 4.69) is 10.5 Å². The minimum absolute atomic E-state index is 0.116. The van der Waals surface area contributed by atoms with Gasteiger partial charge in [-0.3, -0.25) is 4.79 Å². The van der Waals surface area contributed by atoms with Crippen LogP contribution >= 0.6 is 34.8 Å². The van der Waals surface area contributed by atoms with E-state index in [0.717, 1.165) is 16.3 Å². The molecule has 0 aliphatic heterocycles. The molecular weight excluding hydrogens is 483 g/mol. The third kappa shape index (κ3) is 5.40. The van der Waals surface area contributed by atoms with E-state index in [1.165, 1.54) is 12.3 Å². The fourth-order valence-corrected chi connectivity index (χ4v) is 4.00. The summed E-state index contributed by atoms with van der Waals surface area (Å²) in [7, 11) is 0. The number of nitrogens with zero attached hydrogens (tertiary/aromatic N) is 1. The van der Waals surface area contributed by atoms with Crippen LogP contribution in [0.4, 0.5) is 0 Å². The normalized spacial score (nSPS) is 11.1. The Hall–Kier alpha value is -3.25. The van der Waals surface area contributed by atoms with E-state index in [0.29, 0.717) is 16.3 Å². The van der Waals surface area contributed by atoms with Gasteiger partial charge in [-0.1, -0.05) is 77.3 Å². The van der Waals surface area contributed by atoms with E-state index in [4.69, 9.17) is 39.5 Å². The second-order valence-corrected chi connectivity index (χ2v) is 8.33. The maximum Gasteiger partial charge on any atom is 0.275 e. The van der Waals surface area contributed by atoms with E-state index in [1.807, 2.05) is 42.5 Å². The van der Waals surface area contributed by atoms with E-state index in [1.54, 1.807) is 24.3 Å². The number of carbonyl (C=O) groups is 1. The number of carbonyl (C=O) groups excluding carboxylic acids is 1. The summed E-state index contributed by atoms with van der Waals surface area (Å²) in [4.78, 5) is 12.5. The summed E-state index contributed by atoms with van der Waals surface area (Å²) in [6, 6.07) is 21.1. The van der Waals surface area contributed by atoms with Crippen molar-refractivity contribution in [3.63, 3.8) is 0 Å². The molecular formula is C25H17Cl3N2O3. The summed E-state index contributed by atoms with van der Waals surface area (Å²) in [6.07, 6.45) is 1.39. The molecule has 0 fully saturated rings. The van der Waals surface area contributed by atoms with E-state index >= 15 is 0 Å². The number of hydrazone groups is 1. The number of amides is 1. The fourth-order valence-electron chi connectivity index (χ4n) is 3.19. The number of phenols is 1. The largest absolute Gasteiger partial charge is 0.507 e. The first-order chi connectivity index (χ1) is 15.9. The van der Waals surface area contributed by atoms with Crippen molar-refractivity contribution >= 4 is 57.7 Å². The molecule has 0 radical (unpaired) electrons. The smallest absolute Gasteiger partial charge is 0.275 e. The molecule has 33 heavy (non-hydrogen) atoms. The molecule has 0 heterocycles. The van der Waals surface area contributed by atoms with Crippen LogP contribution in [0.5, 0.6) is 11.5 Å². The Bertz CT molecular complexity index is 1350. The van der Waals surface area contributed by atoms with Crippen molar-refractivity contribution in [1.29, 1.82) is 0 Å². The van der Waals surface area contributed by atoms with Gasteiger partial charge in [-0.15, -0.1) is 0 Å². The van der Waals surface area contributed by atoms with Gasteiger partial charge in [0.1, 0.15) is 12.4 Å². The van der Waals surface area contributed by atoms with Crippen LogP contribution in [-0.2, 0) is 6.61 Å².